The van der Waals surface area contributed by atoms with Crippen molar-refractivity contribution in [2.45, 2.75) is 40.3 Å². The molecule has 2 aromatic rings. The zero-order chi connectivity index (χ0) is 20.5. The number of ether oxygens (including phenoxy) is 2. The molecule has 1 aromatic carbocycles. The highest BCUT2D eigenvalue weighted by Crippen LogP contribution is 2.31. The van der Waals surface area contributed by atoms with Gasteiger partial charge in [0.15, 0.2) is 0 Å². The first-order valence-corrected chi connectivity index (χ1v) is 9.66. The summed E-state index contributed by atoms with van der Waals surface area (Å²) in [4.78, 5) is 26.7. The fourth-order valence-corrected chi connectivity index (χ4v) is 2.82. The minimum absolute atomic E-state index is 0.0273. The number of carbonyl (C=O) groups is 1. The van der Waals surface area contributed by atoms with Crippen LogP contribution in [0.15, 0.2) is 29.6 Å². The van der Waals surface area contributed by atoms with Crippen LogP contribution in [0.3, 0.4) is 0 Å². The summed E-state index contributed by atoms with van der Waals surface area (Å²) >= 11 is 1.27. The van der Waals surface area contributed by atoms with Crippen molar-refractivity contribution in [2.75, 3.05) is 6.61 Å². The first-order chi connectivity index (χ1) is 13.4. The molecule has 0 fully saturated rings. The molecule has 0 aliphatic carbocycles. The van der Waals surface area contributed by atoms with Crippen LogP contribution in [0.4, 0.5) is 0 Å². The molecule has 7 nitrogen and oxygen atoms in total. The number of rotatable bonds is 8. The second kappa shape index (κ2) is 10.4. The van der Waals surface area contributed by atoms with Gasteiger partial charge in [-0.3, -0.25) is 4.79 Å². The fourth-order valence-electron chi connectivity index (χ4n) is 2.18. The summed E-state index contributed by atoms with van der Waals surface area (Å²) in [7, 11) is 0. The van der Waals surface area contributed by atoms with E-state index in [2.05, 4.69) is 41.2 Å². The molecule has 0 spiro atoms. The Bertz CT molecular complexity index is 883. The number of nitroso groups, excluding NO2 is 1. The first kappa shape index (κ1) is 21.4. The minimum atomic E-state index is -0.257. The van der Waals surface area contributed by atoms with Crippen LogP contribution in [0.25, 0.3) is 0 Å². The van der Waals surface area contributed by atoms with Gasteiger partial charge in [-0.25, -0.2) is 4.98 Å². The number of benzene rings is 1. The number of nitrogens with zero attached hydrogens (tertiary/aromatic N) is 2. The Morgan fingerprint density at radius 3 is 2.82 bits per heavy atom. The zero-order valence-electron chi connectivity index (χ0n) is 16.3. The van der Waals surface area contributed by atoms with Crippen LogP contribution in [0.1, 0.15) is 38.1 Å². The predicted octanol–water partition coefficient (Wildman–Crippen LogP) is 4.11. The van der Waals surface area contributed by atoms with Gasteiger partial charge in [-0.2, -0.15) is 4.91 Å². The van der Waals surface area contributed by atoms with Gasteiger partial charge in [0.25, 0.3) is 5.19 Å². The summed E-state index contributed by atoms with van der Waals surface area (Å²) in [6.45, 7) is 7.92. The lowest BCUT2D eigenvalue weighted by molar-refractivity contribution is -0.119. The van der Waals surface area contributed by atoms with E-state index in [-0.39, 0.29) is 18.5 Å². The van der Waals surface area contributed by atoms with Crippen LogP contribution in [-0.2, 0) is 11.3 Å². The summed E-state index contributed by atoms with van der Waals surface area (Å²) in [5.74, 6) is 7.31. The predicted molar refractivity (Wildman–Crippen MR) is 109 cm³/mol. The van der Waals surface area contributed by atoms with Gasteiger partial charge in [0.2, 0.25) is 5.91 Å². The van der Waals surface area contributed by atoms with Gasteiger partial charge in [0.05, 0.1) is 18.8 Å². The second-order valence-electron chi connectivity index (χ2n) is 6.55. The summed E-state index contributed by atoms with van der Waals surface area (Å²) < 4.78 is 11.5. The third-order valence-electron chi connectivity index (χ3n) is 3.36. The lowest BCUT2D eigenvalue weighted by Crippen LogP contribution is -2.28. The number of amides is 1. The molecule has 0 aliphatic rings. The van der Waals surface area contributed by atoms with Crippen molar-refractivity contribution in [3.8, 4) is 28.5 Å². The van der Waals surface area contributed by atoms with E-state index in [4.69, 9.17) is 9.47 Å². The molecule has 1 atom stereocenters. The van der Waals surface area contributed by atoms with Crippen LogP contribution < -0.4 is 14.8 Å². The van der Waals surface area contributed by atoms with Gasteiger partial charge in [0, 0.05) is 12.5 Å². The number of thiazole rings is 1. The fraction of sp³-hybridized carbons (Fsp3) is 0.400. The normalized spacial score (nSPS) is 11.3. The third-order valence-corrected chi connectivity index (χ3v) is 4.15. The van der Waals surface area contributed by atoms with E-state index in [1.807, 2.05) is 0 Å². The lowest BCUT2D eigenvalue weighted by Gasteiger charge is -2.12. The highest BCUT2D eigenvalue weighted by molar-refractivity contribution is 7.13. The highest BCUT2D eigenvalue weighted by Gasteiger charge is 2.11. The molecule has 2 rings (SSSR count). The molecule has 1 aromatic heterocycles. The number of aromatic nitrogens is 1. The van der Waals surface area contributed by atoms with Gasteiger partial charge < -0.3 is 14.8 Å². The number of hydrogen-bond donors (Lipinski definition) is 1. The molecule has 1 amide bonds. The van der Waals surface area contributed by atoms with Crippen molar-refractivity contribution in [1.29, 1.82) is 0 Å². The summed E-state index contributed by atoms with van der Waals surface area (Å²) in [5, 5.41) is 6.06. The van der Waals surface area contributed by atoms with Crippen LogP contribution in [0.5, 0.6) is 16.7 Å². The van der Waals surface area contributed by atoms with E-state index in [0.717, 1.165) is 0 Å². The molecular formula is C20H23N3O4S. The Kier molecular flexibility index (Phi) is 7.96. The molecule has 0 bridgehead atoms. The summed E-state index contributed by atoms with van der Waals surface area (Å²) in [6, 6.07) is 5.02. The third kappa shape index (κ3) is 7.00. The molecule has 28 heavy (non-hydrogen) atoms. The van der Waals surface area contributed by atoms with E-state index in [1.54, 1.807) is 31.3 Å². The van der Waals surface area contributed by atoms with Gasteiger partial charge in [0.1, 0.15) is 22.9 Å². The van der Waals surface area contributed by atoms with E-state index in [9.17, 15) is 9.70 Å². The average Bonchev–Trinajstić information content (AvgIpc) is 3.07. The number of hydrogen-bond acceptors (Lipinski definition) is 7. The Morgan fingerprint density at radius 1 is 1.36 bits per heavy atom. The van der Waals surface area contributed by atoms with Crippen molar-refractivity contribution >= 4 is 17.2 Å². The van der Waals surface area contributed by atoms with E-state index in [0.29, 0.717) is 39.7 Å². The molecule has 0 saturated heterocycles. The molecule has 0 radical (unpaired) electrons. The van der Waals surface area contributed by atoms with E-state index in [1.165, 1.54) is 18.3 Å². The number of nitrogens with one attached hydrogen (secondary N) is 1. The van der Waals surface area contributed by atoms with Crippen molar-refractivity contribution in [3.05, 3.63) is 39.7 Å². The molecule has 0 saturated carbocycles. The van der Waals surface area contributed by atoms with Crippen LogP contribution in [0.2, 0.25) is 0 Å². The minimum Gasteiger partial charge on any atom is -0.493 e. The van der Waals surface area contributed by atoms with Gasteiger partial charge in [-0.05, 0) is 31.0 Å². The summed E-state index contributed by atoms with van der Waals surface area (Å²) in [5.41, 5.74) is 0.623. The molecule has 0 aliphatic heterocycles. The smallest absolute Gasteiger partial charge is 0.279 e. The highest BCUT2D eigenvalue weighted by atomic mass is 32.1. The maximum atomic E-state index is 11.0. The molecule has 8 heteroatoms. The van der Waals surface area contributed by atoms with Gasteiger partial charge in [-0.15, -0.1) is 0 Å². The monoisotopic (exact) mass is 401 g/mol. The first-order valence-electron chi connectivity index (χ1n) is 8.84. The van der Waals surface area contributed by atoms with Gasteiger partial charge in [-0.1, -0.05) is 42.2 Å². The quantitative estimate of drug-likeness (QED) is 0.531. The maximum Gasteiger partial charge on any atom is 0.279 e. The SMILES string of the molecule is CC(=O)NC(C)C#Cc1cnc(Oc2ccc(OCC(C)C)cc2CN=O)s1. The number of carbonyl (C=O) groups excluding carboxylic acids is 1. The second-order valence-corrected chi connectivity index (χ2v) is 7.54. The standard InChI is InChI=1S/C20H23N3O4S/c1-13(2)12-26-17-6-8-19(16(9-17)10-22-25)27-20-21-11-18(28-20)7-5-14(3)23-15(4)24/h6,8-9,11,13-14H,10,12H2,1-4H3,(H,23,24). The lowest BCUT2D eigenvalue weighted by atomic mass is 10.2. The summed E-state index contributed by atoms with van der Waals surface area (Å²) in [6.07, 6.45) is 1.60. The van der Waals surface area contributed by atoms with Crippen LogP contribution in [-0.4, -0.2) is 23.5 Å². The van der Waals surface area contributed by atoms with Crippen molar-refractivity contribution in [2.24, 2.45) is 11.1 Å². The maximum absolute atomic E-state index is 11.0. The average molecular weight is 401 g/mol. The molecule has 1 heterocycles. The molecule has 1 unspecified atom stereocenters. The van der Waals surface area contributed by atoms with Crippen LogP contribution >= 0.6 is 11.3 Å². The van der Waals surface area contributed by atoms with Crippen LogP contribution in [0, 0.1) is 22.7 Å². The topological polar surface area (TPSA) is 89.9 Å². The van der Waals surface area contributed by atoms with Crippen molar-refractivity contribution < 1.29 is 14.3 Å². The molecular weight excluding hydrogens is 378 g/mol. The molecule has 148 valence electrons. The zero-order valence-corrected chi connectivity index (χ0v) is 17.1. The van der Waals surface area contributed by atoms with Gasteiger partial charge >= 0.3 is 0 Å². The van der Waals surface area contributed by atoms with Crippen molar-refractivity contribution in [3.63, 3.8) is 0 Å². The Balaban J connectivity index is 2.10. The van der Waals surface area contributed by atoms with E-state index >= 15 is 0 Å². The van der Waals surface area contributed by atoms with Crippen molar-refractivity contribution in [1.82, 2.24) is 10.3 Å². The van der Waals surface area contributed by atoms with E-state index < -0.39 is 0 Å². The largest absolute Gasteiger partial charge is 0.493 e. The molecule has 1 N–H and O–H groups in total. The Labute approximate surface area is 168 Å². The Hall–Kier alpha value is -2.92. The Morgan fingerprint density at radius 2 is 2.14 bits per heavy atom.